The molecule has 0 radical (unpaired) electrons. The summed E-state index contributed by atoms with van der Waals surface area (Å²) in [5, 5.41) is 4.89. The van der Waals surface area contributed by atoms with Crippen molar-refractivity contribution in [2.45, 2.75) is 78.3 Å². The molecule has 0 saturated carbocycles. The molecule has 1 unspecified atom stereocenters. The second kappa shape index (κ2) is 8.74. The van der Waals surface area contributed by atoms with E-state index in [2.05, 4.69) is 31.0 Å². The van der Waals surface area contributed by atoms with E-state index >= 15 is 0 Å². The average Bonchev–Trinajstić information content (AvgIpc) is 2.72. The monoisotopic (exact) mass is 309 g/mol. The minimum absolute atomic E-state index is 0.586. The van der Waals surface area contributed by atoms with E-state index in [-0.39, 0.29) is 0 Å². The molecule has 1 fully saturated rings. The van der Waals surface area contributed by atoms with E-state index in [1.807, 2.05) is 11.3 Å². The molecule has 1 aliphatic rings. The van der Waals surface area contributed by atoms with Crippen molar-refractivity contribution in [2.24, 2.45) is 0 Å². The van der Waals surface area contributed by atoms with Crippen molar-refractivity contribution in [3.63, 3.8) is 0 Å². The van der Waals surface area contributed by atoms with Gasteiger partial charge in [0.15, 0.2) is 5.13 Å². The van der Waals surface area contributed by atoms with Crippen molar-refractivity contribution < 1.29 is 0 Å². The Morgan fingerprint density at radius 1 is 1.19 bits per heavy atom. The van der Waals surface area contributed by atoms with Crippen LogP contribution in [0.15, 0.2) is 0 Å². The molecule has 1 atom stereocenters. The van der Waals surface area contributed by atoms with Gasteiger partial charge in [-0.2, -0.15) is 0 Å². The molecule has 1 N–H and O–H groups in total. The van der Waals surface area contributed by atoms with E-state index in [0.717, 1.165) is 13.0 Å². The normalized spacial score (nSPS) is 17.8. The van der Waals surface area contributed by atoms with E-state index in [1.54, 1.807) is 0 Å². The van der Waals surface area contributed by atoms with Gasteiger partial charge in [0.05, 0.1) is 5.69 Å². The highest BCUT2D eigenvalue weighted by atomic mass is 32.1. The largest absolute Gasteiger partial charge is 0.348 e. The van der Waals surface area contributed by atoms with Gasteiger partial charge in [0.1, 0.15) is 0 Å². The van der Waals surface area contributed by atoms with Gasteiger partial charge < -0.3 is 10.2 Å². The predicted octanol–water partition coefficient (Wildman–Crippen LogP) is 4.36. The zero-order chi connectivity index (χ0) is 15.1. The second-order valence-corrected chi connectivity index (χ2v) is 7.27. The van der Waals surface area contributed by atoms with Gasteiger partial charge >= 0.3 is 0 Å². The Bertz CT molecular complexity index is 408. The Kier molecular flexibility index (Phi) is 6.97. The predicted molar refractivity (Wildman–Crippen MR) is 93.4 cm³/mol. The Hall–Kier alpha value is -0.610. The number of thiazole rings is 1. The summed E-state index contributed by atoms with van der Waals surface area (Å²) < 4.78 is 0. The fraction of sp³-hybridized carbons (Fsp3) is 0.824. The fourth-order valence-electron chi connectivity index (χ4n) is 2.75. The van der Waals surface area contributed by atoms with Crippen LogP contribution in [0.4, 0.5) is 5.13 Å². The molecule has 1 aliphatic heterocycles. The summed E-state index contributed by atoms with van der Waals surface area (Å²) in [6.07, 6.45) is 8.88. The topological polar surface area (TPSA) is 28.2 Å². The molecule has 0 bridgehead atoms. The molecule has 0 spiro atoms. The molecule has 3 nitrogen and oxygen atoms in total. The Balaban J connectivity index is 2.07. The molecule has 21 heavy (non-hydrogen) atoms. The molecule has 0 aromatic carbocycles. The van der Waals surface area contributed by atoms with Crippen LogP contribution in [-0.2, 0) is 13.0 Å². The minimum Gasteiger partial charge on any atom is -0.348 e. The lowest BCUT2D eigenvalue weighted by molar-refractivity contribution is 0.535. The quantitative estimate of drug-likeness (QED) is 0.811. The smallest absolute Gasteiger partial charge is 0.185 e. The standard InChI is InChI=1S/C17H31N3S/c1-4-10-15-16(13-18-14(3)5-2)21-17(19-15)20-11-8-6-7-9-12-20/h14,18H,4-13H2,1-3H3. The fourth-order valence-corrected chi connectivity index (χ4v) is 3.86. The van der Waals surface area contributed by atoms with Crippen LogP contribution in [-0.4, -0.2) is 24.1 Å². The maximum absolute atomic E-state index is 4.97. The summed E-state index contributed by atoms with van der Waals surface area (Å²) >= 11 is 1.92. The van der Waals surface area contributed by atoms with Gasteiger partial charge in [-0.1, -0.05) is 33.1 Å². The summed E-state index contributed by atoms with van der Waals surface area (Å²) in [5.41, 5.74) is 1.33. The number of hydrogen-bond acceptors (Lipinski definition) is 4. The van der Waals surface area contributed by atoms with E-state index in [4.69, 9.17) is 4.98 Å². The van der Waals surface area contributed by atoms with Crippen molar-refractivity contribution in [3.8, 4) is 0 Å². The van der Waals surface area contributed by atoms with Crippen LogP contribution < -0.4 is 10.2 Å². The van der Waals surface area contributed by atoms with Gasteiger partial charge in [0.25, 0.3) is 0 Å². The first-order chi connectivity index (χ1) is 10.2. The number of nitrogens with zero attached hydrogens (tertiary/aromatic N) is 2. The molecule has 0 aliphatic carbocycles. The summed E-state index contributed by atoms with van der Waals surface area (Å²) in [5.74, 6) is 0. The van der Waals surface area contributed by atoms with Gasteiger partial charge in [-0.3, -0.25) is 0 Å². The third-order valence-electron chi connectivity index (χ3n) is 4.35. The molecule has 4 heteroatoms. The average molecular weight is 310 g/mol. The van der Waals surface area contributed by atoms with Crippen molar-refractivity contribution >= 4 is 16.5 Å². The van der Waals surface area contributed by atoms with E-state index in [1.165, 1.54) is 67.3 Å². The van der Waals surface area contributed by atoms with Crippen LogP contribution in [0.1, 0.15) is 69.9 Å². The Labute approximate surface area is 134 Å². The number of rotatable bonds is 7. The van der Waals surface area contributed by atoms with Gasteiger partial charge in [-0.15, -0.1) is 11.3 Å². The minimum atomic E-state index is 0.586. The number of anilines is 1. The molecule has 0 amide bonds. The number of hydrogen-bond donors (Lipinski definition) is 1. The highest BCUT2D eigenvalue weighted by Crippen LogP contribution is 2.29. The number of nitrogens with one attached hydrogen (secondary N) is 1. The first kappa shape index (κ1) is 16.8. The van der Waals surface area contributed by atoms with Crippen LogP contribution in [0, 0.1) is 0 Å². The van der Waals surface area contributed by atoms with E-state index in [0.29, 0.717) is 6.04 Å². The summed E-state index contributed by atoms with van der Waals surface area (Å²) in [7, 11) is 0. The van der Waals surface area contributed by atoms with Crippen molar-refractivity contribution in [1.82, 2.24) is 10.3 Å². The summed E-state index contributed by atoms with van der Waals surface area (Å²) in [4.78, 5) is 8.95. The summed E-state index contributed by atoms with van der Waals surface area (Å²) in [6.45, 7) is 10.1. The van der Waals surface area contributed by atoms with Gasteiger partial charge in [-0.25, -0.2) is 4.98 Å². The second-order valence-electron chi connectivity index (χ2n) is 6.21. The Morgan fingerprint density at radius 3 is 2.52 bits per heavy atom. The van der Waals surface area contributed by atoms with Crippen molar-refractivity contribution in [1.29, 1.82) is 0 Å². The maximum atomic E-state index is 4.97. The van der Waals surface area contributed by atoms with Crippen LogP contribution in [0.3, 0.4) is 0 Å². The van der Waals surface area contributed by atoms with E-state index in [9.17, 15) is 0 Å². The van der Waals surface area contributed by atoms with Crippen LogP contribution in [0.25, 0.3) is 0 Å². The first-order valence-corrected chi connectivity index (χ1v) is 9.53. The molecule has 120 valence electrons. The molecule has 2 rings (SSSR count). The zero-order valence-corrected chi connectivity index (χ0v) is 14.8. The molecule has 1 aromatic rings. The number of aryl methyl sites for hydroxylation is 1. The summed E-state index contributed by atoms with van der Waals surface area (Å²) in [6, 6.07) is 0.586. The first-order valence-electron chi connectivity index (χ1n) is 8.71. The zero-order valence-electron chi connectivity index (χ0n) is 14.0. The van der Waals surface area contributed by atoms with Crippen LogP contribution in [0.5, 0.6) is 0 Å². The van der Waals surface area contributed by atoms with Crippen molar-refractivity contribution in [3.05, 3.63) is 10.6 Å². The highest BCUT2D eigenvalue weighted by Gasteiger charge is 2.17. The van der Waals surface area contributed by atoms with Crippen molar-refractivity contribution in [2.75, 3.05) is 18.0 Å². The van der Waals surface area contributed by atoms with Gasteiger partial charge in [0.2, 0.25) is 0 Å². The highest BCUT2D eigenvalue weighted by molar-refractivity contribution is 7.15. The lowest BCUT2D eigenvalue weighted by Gasteiger charge is -2.18. The Morgan fingerprint density at radius 2 is 1.90 bits per heavy atom. The van der Waals surface area contributed by atoms with E-state index < -0.39 is 0 Å². The van der Waals surface area contributed by atoms with Crippen LogP contribution >= 0.6 is 11.3 Å². The van der Waals surface area contributed by atoms with Gasteiger partial charge in [-0.05, 0) is 32.6 Å². The molecule has 1 saturated heterocycles. The molecule has 1 aromatic heterocycles. The molecular formula is C17H31N3S. The third-order valence-corrected chi connectivity index (χ3v) is 5.51. The lowest BCUT2D eigenvalue weighted by Crippen LogP contribution is -2.24. The lowest BCUT2D eigenvalue weighted by atomic mass is 10.2. The molecular weight excluding hydrogens is 278 g/mol. The SMILES string of the molecule is CCCc1nc(N2CCCCCC2)sc1CNC(C)CC. The van der Waals surface area contributed by atoms with Gasteiger partial charge in [0, 0.05) is 30.6 Å². The maximum Gasteiger partial charge on any atom is 0.185 e. The van der Waals surface area contributed by atoms with Crippen LogP contribution in [0.2, 0.25) is 0 Å². The number of aromatic nitrogens is 1. The molecule has 2 heterocycles. The third kappa shape index (κ3) is 4.96.